The van der Waals surface area contributed by atoms with Gasteiger partial charge in [0.2, 0.25) is 0 Å². The topological polar surface area (TPSA) is 0 Å². The van der Waals surface area contributed by atoms with E-state index < -0.39 is 0 Å². The van der Waals surface area contributed by atoms with Crippen molar-refractivity contribution in [3.63, 3.8) is 0 Å². The molecule has 1 unspecified atom stereocenters. The van der Waals surface area contributed by atoms with Gasteiger partial charge in [-0.3, -0.25) is 0 Å². The summed E-state index contributed by atoms with van der Waals surface area (Å²) < 4.78 is 0. The van der Waals surface area contributed by atoms with Gasteiger partial charge in [0.1, 0.15) is 0 Å². The predicted octanol–water partition coefficient (Wildman–Crippen LogP) is 5.51. The first kappa shape index (κ1) is 23.1. The largest absolute Gasteiger partial charge is 0.147 e. The van der Waals surface area contributed by atoms with E-state index in [9.17, 15) is 0 Å². The summed E-state index contributed by atoms with van der Waals surface area (Å²) in [5.74, 6) is 0. The number of hydrogen-bond acceptors (Lipinski definition) is 0. The van der Waals surface area contributed by atoms with E-state index in [2.05, 4.69) is 86.7 Å². The van der Waals surface area contributed by atoms with Crippen LogP contribution in [0.3, 0.4) is 0 Å². The van der Waals surface area contributed by atoms with Crippen LogP contribution >= 0.6 is 24.8 Å². The normalized spacial score (nSPS) is 17.9. The van der Waals surface area contributed by atoms with Crippen LogP contribution in [-0.2, 0) is 32.6 Å². The summed E-state index contributed by atoms with van der Waals surface area (Å²) in [4.78, 5) is 0. The monoisotopic (exact) mass is 484 g/mol. The first-order valence-electron chi connectivity index (χ1n) is 9.24. The fourth-order valence-corrected chi connectivity index (χ4v) is 4.70. The SMILES string of the molecule is CCC1(C)C=c2ccccc2=C1c1cccc2c1Cc1ccccc1-2.Cl.Cl.[Zr]. The third kappa shape index (κ3) is 3.37. The Morgan fingerprint density at radius 1 is 0.786 bits per heavy atom. The molecule has 0 aliphatic heterocycles. The van der Waals surface area contributed by atoms with E-state index in [0.717, 1.165) is 12.8 Å². The molecule has 3 aromatic rings. The van der Waals surface area contributed by atoms with Crippen LogP contribution in [0, 0.1) is 5.41 Å². The molecule has 0 spiro atoms. The maximum Gasteiger partial charge on any atom is 0.0122 e. The molecule has 0 heterocycles. The first-order valence-corrected chi connectivity index (χ1v) is 9.24. The quantitative estimate of drug-likeness (QED) is 0.351. The van der Waals surface area contributed by atoms with E-state index in [-0.39, 0.29) is 56.4 Å². The first-order chi connectivity index (χ1) is 12.2. The van der Waals surface area contributed by atoms with Crippen molar-refractivity contribution in [1.29, 1.82) is 0 Å². The van der Waals surface area contributed by atoms with Gasteiger partial charge in [0.15, 0.2) is 0 Å². The van der Waals surface area contributed by atoms with Gasteiger partial charge in [-0.1, -0.05) is 86.7 Å². The minimum absolute atomic E-state index is 0. The van der Waals surface area contributed by atoms with Crippen LogP contribution in [0.25, 0.3) is 22.8 Å². The molecule has 0 aromatic heterocycles. The molecule has 2 aliphatic carbocycles. The molecule has 3 heteroatoms. The van der Waals surface area contributed by atoms with E-state index in [4.69, 9.17) is 0 Å². The van der Waals surface area contributed by atoms with Gasteiger partial charge in [0.25, 0.3) is 0 Å². The van der Waals surface area contributed by atoms with Crippen molar-refractivity contribution in [1.82, 2.24) is 0 Å². The molecular weight excluding hydrogens is 462 g/mol. The average molecular weight is 487 g/mol. The summed E-state index contributed by atoms with van der Waals surface area (Å²) in [6.07, 6.45) is 4.64. The Bertz CT molecular complexity index is 1130. The molecule has 1 atom stereocenters. The molecule has 0 N–H and O–H groups in total. The van der Waals surface area contributed by atoms with Gasteiger partial charge >= 0.3 is 0 Å². The van der Waals surface area contributed by atoms with Crippen LogP contribution in [0.4, 0.5) is 0 Å². The fraction of sp³-hybridized carbons (Fsp3) is 0.200. The molecule has 0 saturated heterocycles. The molecule has 0 bridgehead atoms. The van der Waals surface area contributed by atoms with Crippen LogP contribution in [0.2, 0.25) is 0 Å². The minimum Gasteiger partial charge on any atom is -0.147 e. The van der Waals surface area contributed by atoms with Gasteiger partial charge in [0, 0.05) is 31.6 Å². The summed E-state index contributed by atoms with van der Waals surface area (Å²) >= 11 is 0. The van der Waals surface area contributed by atoms with Crippen LogP contribution in [0.5, 0.6) is 0 Å². The van der Waals surface area contributed by atoms with Gasteiger partial charge in [-0.2, -0.15) is 0 Å². The van der Waals surface area contributed by atoms with Crippen molar-refractivity contribution in [3.8, 4) is 11.1 Å². The van der Waals surface area contributed by atoms with E-state index in [1.54, 1.807) is 0 Å². The number of fused-ring (bicyclic) bond motifs is 4. The maximum atomic E-state index is 2.47. The number of rotatable bonds is 2. The van der Waals surface area contributed by atoms with Gasteiger partial charge in [-0.25, -0.2) is 0 Å². The summed E-state index contributed by atoms with van der Waals surface area (Å²) in [7, 11) is 0. The third-order valence-corrected chi connectivity index (χ3v) is 6.13. The predicted molar refractivity (Wildman–Crippen MR) is 120 cm³/mol. The second-order valence-corrected chi connectivity index (χ2v) is 7.54. The van der Waals surface area contributed by atoms with Gasteiger partial charge in [-0.15, -0.1) is 24.8 Å². The van der Waals surface area contributed by atoms with Crippen molar-refractivity contribution < 1.29 is 26.2 Å². The van der Waals surface area contributed by atoms with E-state index in [0.29, 0.717) is 0 Å². The third-order valence-electron chi connectivity index (χ3n) is 6.13. The van der Waals surface area contributed by atoms with Gasteiger partial charge < -0.3 is 0 Å². The Labute approximate surface area is 198 Å². The molecule has 5 rings (SSSR count). The Hall–Kier alpha value is -1.14. The maximum absolute atomic E-state index is 2.47. The summed E-state index contributed by atoms with van der Waals surface area (Å²) in [6.45, 7) is 4.70. The zero-order chi connectivity index (χ0) is 17.0. The molecule has 142 valence electrons. The Morgan fingerprint density at radius 2 is 1.43 bits per heavy atom. The van der Waals surface area contributed by atoms with Crippen LogP contribution in [0.1, 0.15) is 37.0 Å². The zero-order valence-electron chi connectivity index (χ0n) is 16.2. The number of halogens is 2. The van der Waals surface area contributed by atoms with E-state index >= 15 is 0 Å². The molecule has 0 amide bonds. The van der Waals surface area contributed by atoms with Crippen LogP contribution in [-0.4, -0.2) is 0 Å². The standard InChI is InChI=1S/C25H22.2ClH.Zr/c1-3-25(2)16-18-10-5-7-12-20(18)24(25)22-14-8-13-21-19-11-6-4-9-17(19)15-23(21)22;;;/h4-14,16H,3,15H2,1-2H3;2*1H;. The fourth-order valence-electron chi connectivity index (χ4n) is 4.70. The molecule has 0 radical (unpaired) electrons. The summed E-state index contributed by atoms with van der Waals surface area (Å²) in [5, 5.41) is 2.80. The molecule has 2 aliphatic rings. The van der Waals surface area contributed by atoms with Crippen molar-refractivity contribution >= 4 is 36.5 Å². The molecule has 0 saturated carbocycles. The van der Waals surface area contributed by atoms with E-state index in [1.165, 1.54) is 43.8 Å². The summed E-state index contributed by atoms with van der Waals surface area (Å²) in [5.41, 5.74) is 8.85. The Morgan fingerprint density at radius 3 is 2.21 bits per heavy atom. The van der Waals surface area contributed by atoms with Gasteiger partial charge in [-0.05, 0) is 56.7 Å². The summed E-state index contributed by atoms with van der Waals surface area (Å²) in [6, 6.07) is 24.6. The van der Waals surface area contributed by atoms with Crippen molar-refractivity contribution in [2.75, 3.05) is 0 Å². The smallest absolute Gasteiger partial charge is 0.0122 e. The number of benzene rings is 3. The molecule has 28 heavy (non-hydrogen) atoms. The van der Waals surface area contributed by atoms with Crippen molar-refractivity contribution in [2.45, 2.75) is 26.7 Å². The van der Waals surface area contributed by atoms with E-state index in [1.807, 2.05) is 0 Å². The van der Waals surface area contributed by atoms with Crippen LogP contribution in [0.15, 0.2) is 66.7 Å². The molecule has 0 fully saturated rings. The molecular formula is C25H24Cl2Zr. The second-order valence-electron chi connectivity index (χ2n) is 7.54. The van der Waals surface area contributed by atoms with Crippen molar-refractivity contribution in [2.24, 2.45) is 5.41 Å². The van der Waals surface area contributed by atoms with Crippen molar-refractivity contribution in [3.05, 3.63) is 93.9 Å². The van der Waals surface area contributed by atoms with Gasteiger partial charge in [0.05, 0.1) is 0 Å². The zero-order valence-corrected chi connectivity index (χ0v) is 20.2. The molecule has 3 aromatic carbocycles. The Balaban J connectivity index is 0.000000934. The average Bonchev–Trinajstić information content (AvgIpc) is 3.17. The minimum atomic E-state index is 0. The molecule has 0 nitrogen and oxygen atoms in total. The van der Waals surface area contributed by atoms with Crippen LogP contribution < -0.4 is 10.4 Å². The number of hydrogen-bond donors (Lipinski definition) is 0. The Kier molecular flexibility index (Phi) is 7.19. The second kappa shape index (κ2) is 8.70.